The van der Waals surface area contributed by atoms with Crippen molar-refractivity contribution in [2.24, 2.45) is 0 Å². The summed E-state index contributed by atoms with van der Waals surface area (Å²) < 4.78 is 0. The first kappa shape index (κ1) is 22.4. The average Bonchev–Trinajstić information content (AvgIpc) is 3.31. The molecule has 3 amide bonds. The number of carbonyl (C=O) groups excluding carboxylic acids is 2. The summed E-state index contributed by atoms with van der Waals surface area (Å²) in [7, 11) is 0. The van der Waals surface area contributed by atoms with E-state index in [2.05, 4.69) is 0 Å². The molecule has 5 rings (SSSR count). The molecule has 0 radical (unpaired) electrons. The van der Waals surface area contributed by atoms with E-state index < -0.39 is 10.5 Å². The molecule has 0 spiro atoms. The zero-order valence-electron chi connectivity index (χ0n) is 17.9. The van der Waals surface area contributed by atoms with E-state index in [-0.39, 0.29) is 17.6 Å². The molecule has 172 valence electrons. The Bertz CT molecular complexity index is 1290. The van der Waals surface area contributed by atoms with Crippen LogP contribution in [0.3, 0.4) is 0 Å². The number of anilines is 1. The van der Waals surface area contributed by atoms with Crippen LogP contribution in [0, 0.1) is 10.1 Å². The number of hydrogen-bond donors (Lipinski definition) is 0. The highest BCUT2D eigenvalue weighted by molar-refractivity contribution is 6.35. The number of amides is 3. The van der Waals surface area contributed by atoms with Gasteiger partial charge in [0.15, 0.2) is 0 Å². The smallest absolute Gasteiger partial charge is 0.309 e. The lowest BCUT2D eigenvalue weighted by atomic mass is 9.87. The first-order valence-corrected chi connectivity index (χ1v) is 11.5. The van der Waals surface area contributed by atoms with Gasteiger partial charge in [0, 0.05) is 35.1 Å². The number of carbonyl (C=O) groups is 2. The molecule has 1 atom stereocenters. The summed E-state index contributed by atoms with van der Waals surface area (Å²) in [5.74, 6) is -0.271. The number of nitrogens with zero attached hydrogens (tertiary/aromatic N) is 3. The van der Waals surface area contributed by atoms with E-state index in [4.69, 9.17) is 23.2 Å². The molecule has 2 aliphatic rings. The second-order valence-electron chi connectivity index (χ2n) is 8.52. The Kier molecular flexibility index (Phi) is 5.54. The minimum Gasteiger partial charge on any atom is -0.309 e. The molecule has 0 aromatic heterocycles. The van der Waals surface area contributed by atoms with Crippen LogP contribution in [0.25, 0.3) is 11.1 Å². The number of urea groups is 1. The summed E-state index contributed by atoms with van der Waals surface area (Å²) in [5.41, 5.74) is 2.15. The van der Waals surface area contributed by atoms with Crippen molar-refractivity contribution in [1.82, 2.24) is 4.90 Å². The fourth-order valence-electron chi connectivity index (χ4n) is 4.88. The number of rotatable bonds is 5. The van der Waals surface area contributed by atoms with E-state index in [1.165, 1.54) is 17.0 Å². The van der Waals surface area contributed by atoms with Gasteiger partial charge in [0.1, 0.15) is 5.54 Å². The largest absolute Gasteiger partial charge is 0.332 e. The molecule has 2 aliphatic heterocycles. The molecule has 0 aliphatic carbocycles. The number of benzene rings is 3. The van der Waals surface area contributed by atoms with Crippen LogP contribution in [0.5, 0.6) is 0 Å². The lowest BCUT2D eigenvalue weighted by Gasteiger charge is -2.28. The molecule has 2 fully saturated rings. The number of nitro groups is 1. The fourth-order valence-corrected chi connectivity index (χ4v) is 5.39. The molecule has 3 aromatic carbocycles. The van der Waals surface area contributed by atoms with E-state index in [9.17, 15) is 19.7 Å². The fraction of sp³-hybridized carbons (Fsp3) is 0.200. The number of imide groups is 1. The van der Waals surface area contributed by atoms with E-state index in [0.29, 0.717) is 35.1 Å². The Balaban J connectivity index is 1.42. The molecular formula is C25H19Cl2N3O4. The van der Waals surface area contributed by atoms with Crippen molar-refractivity contribution in [3.8, 4) is 11.1 Å². The van der Waals surface area contributed by atoms with Gasteiger partial charge in [0.2, 0.25) is 0 Å². The van der Waals surface area contributed by atoms with E-state index in [0.717, 1.165) is 23.1 Å². The summed E-state index contributed by atoms with van der Waals surface area (Å²) >= 11 is 12.2. The first-order valence-electron chi connectivity index (χ1n) is 10.7. The Hall–Kier alpha value is -3.42. The third-order valence-electron chi connectivity index (χ3n) is 6.48. The van der Waals surface area contributed by atoms with Gasteiger partial charge in [-0.05, 0) is 59.9 Å². The quantitative estimate of drug-likeness (QED) is 0.242. The van der Waals surface area contributed by atoms with E-state index in [1.54, 1.807) is 35.2 Å². The van der Waals surface area contributed by atoms with Crippen molar-refractivity contribution in [2.75, 3.05) is 11.4 Å². The monoisotopic (exact) mass is 495 g/mol. The minimum atomic E-state index is -0.944. The van der Waals surface area contributed by atoms with Gasteiger partial charge in [-0.25, -0.2) is 9.69 Å². The summed E-state index contributed by atoms with van der Waals surface area (Å²) in [6.07, 6.45) is 1.72. The van der Waals surface area contributed by atoms with Crippen molar-refractivity contribution in [3.63, 3.8) is 0 Å². The summed E-state index contributed by atoms with van der Waals surface area (Å²) in [6.45, 7) is 0.510. The maximum atomic E-state index is 13.6. The molecular weight excluding hydrogens is 477 g/mol. The summed E-state index contributed by atoms with van der Waals surface area (Å²) in [4.78, 5) is 40.2. The van der Waals surface area contributed by atoms with Crippen LogP contribution in [-0.2, 0) is 11.2 Å². The topological polar surface area (TPSA) is 83.8 Å². The number of halogens is 2. The van der Waals surface area contributed by atoms with Crippen LogP contribution in [0.4, 0.5) is 16.2 Å². The van der Waals surface area contributed by atoms with Crippen molar-refractivity contribution < 1.29 is 14.5 Å². The Morgan fingerprint density at radius 2 is 1.50 bits per heavy atom. The van der Waals surface area contributed by atoms with Gasteiger partial charge >= 0.3 is 6.03 Å². The van der Waals surface area contributed by atoms with Crippen LogP contribution in [0.2, 0.25) is 10.0 Å². The summed E-state index contributed by atoms with van der Waals surface area (Å²) in [6, 6.07) is 18.4. The lowest BCUT2D eigenvalue weighted by Crippen LogP contribution is -2.47. The van der Waals surface area contributed by atoms with Gasteiger partial charge in [-0.15, -0.1) is 0 Å². The molecule has 7 nitrogen and oxygen atoms in total. The van der Waals surface area contributed by atoms with Gasteiger partial charge in [0.05, 0.1) is 10.6 Å². The Morgan fingerprint density at radius 1 is 0.912 bits per heavy atom. The second kappa shape index (κ2) is 8.42. The van der Waals surface area contributed by atoms with Crippen molar-refractivity contribution in [3.05, 3.63) is 92.5 Å². The molecule has 34 heavy (non-hydrogen) atoms. The highest BCUT2D eigenvalue weighted by Crippen LogP contribution is 2.43. The lowest BCUT2D eigenvalue weighted by molar-refractivity contribution is -0.384. The maximum Gasteiger partial charge on any atom is 0.332 e. The van der Waals surface area contributed by atoms with Gasteiger partial charge in [-0.3, -0.25) is 14.9 Å². The summed E-state index contributed by atoms with van der Waals surface area (Å²) in [5, 5.41) is 11.6. The molecule has 2 saturated heterocycles. The highest BCUT2D eigenvalue weighted by atomic mass is 35.5. The second-order valence-corrected chi connectivity index (χ2v) is 9.39. The molecule has 0 N–H and O–H groups in total. The molecule has 0 bridgehead atoms. The van der Waals surface area contributed by atoms with Crippen molar-refractivity contribution >= 4 is 46.5 Å². The predicted molar refractivity (Wildman–Crippen MR) is 130 cm³/mol. The molecule has 0 saturated carbocycles. The Labute approximate surface area is 205 Å². The van der Waals surface area contributed by atoms with Crippen molar-refractivity contribution in [2.45, 2.75) is 24.8 Å². The van der Waals surface area contributed by atoms with Crippen LogP contribution in [0.15, 0.2) is 66.7 Å². The first-order chi connectivity index (χ1) is 16.3. The van der Waals surface area contributed by atoms with Crippen LogP contribution in [0.1, 0.15) is 18.4 Å². The molecule has 9 heteroatoms. The Morgan fingerprint density at radius 3 is 2.09 bits per heavy atom. The number of nitro benzene ring substituents is 1. The zero-order chi connectivity index (χ0) is 24.0. The zero-order valence-corrected chi connectivity index (χ0v) is 19.4. The van der Waals surface area contributed by atoms with Crippen LogP contribution >= 0.6 is 23.2 Å². The van der Waals surface area contributed by atoms with Gasteiger partial charge in [0.25, 0.3) is 11.6 Å². The standard InChI is InChI=1S/C25H19Cl2N3O4/c26-19-12-20(27)14-22(13-19)29-23(31)25(10-1-11-28(25)24(29)32)15-16-2-4-17(5-3-16)18-6-8-21(9-7-18)30(33)34/h2-9,12-14H,1,10-11,15H2. The van der Waals surface area contributed by atoms with Crippen LogP contribution < -0.4 is 4.90 Å². The molecule has 3 aromatic rings. The predicted octanol–water partition coefficient (Wildman–Crippen LogP) is 6.11. The van der Waals surface area contributed by atoms with Gasteiger partial charge in [-0.2, -0.15) is 0 Å². The minimum absolute atomic E-state index is 0.0377. The number of non-ortho nitro benzene ring substituents is 1. The SMILES string of the molecule is O=C1N(c2cc(Cl)cc(Cl)c2)C(=O)C2(Cc3ccc(-c4ccc([N+](=O)[O-])cc4)cc3)CCCN12. The van der Waals surface area contributed by atoms with Crippen molar-refractivity contribution in [1.29, 1.82) is 0 Å². The third-order valence-corrected chi connectivity index (χ3v) is 6.92. The van der Waals surface area contributed by atoms with Crippen LogP contribution in [-0.4, -0.2) is 33.8 Å². The van der Waals surface area contributed by atoms with Gasteiger partial charge in [-0.1, -0.05) is 47.5 Å². The highest BCUT2D eigenvalue weighted by Gasteiger charge is 2.59. The van der Waals surface area contributed by atoms with Gasteiger partial charge < -0.3 is 4.90 Å². The number of fused-ring (bicyclic) bond motifs is 1. The molecule has 1 unspecified atom stereocenters. The van der Waals surface area contributed by atoms with E-state index in [1.807, 2.05) is 24.3 Å². The van der Waals surface area contributed by atoms with E-state index >= 15 is 0 Å². The number of hydrogen-bond acceptors (Lipinski definition) is 4. The maximum absolute atomic E-state index is 13.6. The molecule has 2 heterocycles. The third kappa shape index (κ3) is 3.71. The normalized spacial score (nSPS) is 19.6. The average molecular weight is 496 g/mol.